The molecule has 0 aliphatic rings. The van der Waals surface area contributed by atoms with Crippen molar-refractivity contribution < 1.29 is 9.90 Å². The minimum absolute atomic E-state index is 0.0125. The summed E-state index contributed by atoms with van der Waals surface area (Å²) in [5.74, 6) is 0.876. The summed E-state index contributed by atoms with van der Waals surface area (Å²) in [5, 5.41) is 12.6. The third-order valence-corrected chi connectivity index (χ3v) is 2.34. The van der Waals surface area contributed by atoms with Crippen LogP contribution >= 0.6 is 11.8 Å². The fourth-order valence-corrected chi connectivity index (χ4v) is 1.79. The highest BCUT2D eigenvalue weighted by molar-refractivity contribution is 7.99. The molecule has 0 saturated carbocycles. The Morgan fingerprint density at radius 1 is 1.57 bits per heavy atom. The van der Waals surface area contributed by atoms with E-state index >= 15 is 0 Å². The van der Waals surface area contributed by atoms with Gasteiger partial charge in [-0.1, -0.05) is 13.8 Å². The average Bonchev–Trinajstić information content (AvgIpc) is 1.99. The Balaban J connectivity index is 3.80. The van der Waals surface area contributed by atoms with E-state index in [-0.39, 0.29) is 5.91 Å². The minimum Gasteiger partial charge on any atom is -0.388 e. The maximum absolute atomic E-state index is 11.1. The molecule has 0 aromatic rings. The maximum Gasteiger partial charge on any atom is 0.230 e. The zero-order chi connectivity index (χ0) is 11.2. The number of hydrogen-bond acceptors (Lipinski definition) is 3. The number of carbonyl (C=O) groups excluding carboxylic acids is 1. The van der Waals surface area contributed by atoms with Crippen molar-refractivity contribution in [2.75, 3.05) is 18.6 Å². The molecule has 1 amide bonds. The van der Waals surface area contributed by atoms with Crippen molar-refractivity contribution in [3.05, 3.63) is 0 Å². The van der Waals surface area contributed by atoms with Crippen molar-refractivity contribution in [1.29, 1.82) is 0 Å². The quantitative estimate of drug-likeness (QED) is 0.707. The molecule has 0 aromatic carbocycles. The van der Waals surface area contributed by atoms with Gasteiger partial charge in [0.2, 0.25) is 5.91 Å². The molecule has 1 atom stereocenters. The SMILES string of the molecule is CSCC(=O)NCC(C)(O)CC(C)C. The van der Waals surface area contributed by atoms with E-state index in [1.54, 1.807) is 6.92 Å². The fourth-order valence-electron chi connectivity index (χ4n) is 1.42. The van der Waals surface area contributed by atoms with Crippen LogP contribution in [0.2, 0.25) is 0 Å². The molecule has 0 aliphatic carbocycles. The lowest BCUT2D eigenvalue weighted by molar-refractivity contribution is -0.119. The lowest BCUT2D eigenvalue weighted by Gasteiger charge is -2.25. The molecule has 0 spiro atoms. The summed E-state index contributed by atoms with van der Waals surface area (Å²) in [5.41, 5.74) is -0.789. The van der Waals surface area contributed by atoms with E-state index in [9.17, 15) is 9.90 Å². The second-order valence-electron chi connectivity index (χ2n) is 4.30. The van der Waals surface area contributed by atoms with Gasteiger partial charge in [0.1, 0.15) is 0 Å². The summed E-state index contributed by atoms with van der Waals surface area (Å²) >= 11 is 1.48. The van der Waals surface area contributed by atoms with E-state index in [2.05, 4.69) is 19.2 Å². The van der Waals surface area contributed by atoms with E-state index < -0.39 is 5.60 Å². The number of nitrogens with one attached hydrogen (secondary N) is 1. The normalized spacial score (nSPS) is 15.3. The molecule has 0 saturated heterocycles. The first kappa shape index (κ1) is 13.8. The Labute approximate surface area is 90.7 Å². The van der Waals surface area contributed by atoms with E-state index in [4.69, 9.17) is 0 Å². The number of aliphatic hydroxyl groups is 1. The maximum atomic E-state index is 11.1. The van der Waals surface area contributed by atoms with Gasteiger partial charge < -0.3 is 10.4 Å². The topological polar surface area (TPSA) is 49.3 Å². The van der Waals surface area contributed by atoms with Gasteiger partial charge in [0.25, 0.3) is 0 Å². The highest BCUT2D eigenvalue weighted by Gasteiger charge is 2.22. The van der Waals surface area contributed by atoms with Crippen LogP contribution in [0, 0.1) is 5.92 Å². The Hall–Kier alpha value is -0.220. The third kappa shape index (κ3) is 7.21. The van der Waals surface area contributed by atoms with Crippen molar-refractivity contribution in [1.82, 2.24) is 5.32 Å². The number of carbonyl (C=O) groups is 1. The largest absolute Gasteiger partial charge is 0.388 e. The molecule has 3 nitrogen and oxygen atoms in total. The highest BCUT2D eigenvalue weighted by atomic mass is 32.2. The standard InChI is InChI=1S/C10H21NO2S/c1-8(2)5-10(3,13)7-11-9(12)6-14-4/h8,13H,5-7H2,1-4H3,(H,11,12). The molecular formula is C10H21NO2S. The molecule has 0 bridgehead atoms. The van der Waals surface area contributed by atoms with Gasteiger partial charge in [-0.2, -0.15) is 11.8 Å². The van der Waals surface area contributed by atoms with Crippen LogP contribution in [0.3, 0.4) is 0 Å². The number of rotatable bonds is 6. The highest BCUT2D eigenvalue weighted by Crippen LogP contribution is 2.14. The molecule has 0 rings (SSSR count). The van der Waals surface area contributed by atoms with E-state index in [0.717, 1.165) is 0 Å². The zero-order valence-electron chi connectivity index (χ0n) is 9.46. The van der Waals surface area contributed by atoms with Crippen molar-refractivity contribution in [2.24, 2.45) is 5.92 Å². The van der Waals surface area contributed by atoms with Gasteiger partial charge in [0.05, 0.1) is 11.4 Å². The average molecular weight is 219 g/mol. The Morgan fingerprint density at radius 2 is 2.14 bits per heavy atom. The van der Waals surface area contributed by atoms with E-state index in [1.807, 2.05) is 6.26 Å². The monoisotopic (exact) mass is 219 g/mol. The molecule has 14 heavy (non-hydrogen) atoms. The van der Waals surface area contributed by atoms with Crippen LogP contribution in [0.4, 0.5) is 0 Å². The van der Waals surface area contributed by atoms with Crippen LogP contribution in [0.5, 0.6) is 0 Å². The number of amides is 1. The molecule has 1 unspecified atom stereocenters. The zero-order valence-corrected chi connectivity index (χ0v) is 10.3. The lowest BCUT2D eigenvalue weighted by Crippen LogP contribution is -2.42. The summed E-state index contributed by atoms with van der Waals surface area (Å²) in [6, 6.07) is 0. The van der Waals surface area contributed by atoms with Crippen LogP contribution < -0.4 is 5.32 Å². The second kappa shape index (κ2) is 6.30. The first-order chi connectivity index (χ1) is 6.37. The van der Waals surface area contributed by atoms with Gasteiger partial charge in [-0.05, 0) is 25.5 Å². The van der Waals surface area contributed by atoms with E-state index in [0.29, 0.717) is 24.6 Å². The van der Waals surface area contributed by atoms with Gasteiger partial charge in [-0.15, -0.1) is 0 Å². The van der Waals surface area contributed by atoms with Gasteiger partial charge in [-0.3, -0.25) is 4.79 Å². The Morgan fingerprint density at radius 3 is 2.57 bits per heavy atom. The third-order valence-electron chi connectivity index (χ3n) is 1.79. The van der Waals surface area contributed by atoms with Crippen LogP contribution in [0.25, 0.3) is 0 Å². The summed E-state index contributed by atoms with van der Waals surface area (Å²) in [7, 11) is 0. The molecule has 84 valence electrons. The Kier molecular flexibility index (Phi) is 6.20. The first-order valence-electron chi connectivity index (χ1n) is 4.85. The minimum atomic E-state index is -0.789. The summed E-state index contributed by atoms with van der Waals surface area (Å²) < 4.78 is 0. The van der Waals surface area contributed by atoms with Crippen molar-refractivity contribution in [3.8, 4) is 0 Å². The number of hydrogen-bond donors (Lipinski definition) is 2. The van der Waals surface area contributed by atoms with Gasteiger partial charge in [-0.25, -0.2) is 0 Å². The smallest absolute Gasteiger partial charge is 0.230 e. The molecule has 4 heteroatoms. The Bertz CT molecular complexity index is 181. The predicted octanol–water partition coefficient (Wildman–Crippen LogP) is 1.26. The van der Waals surface area contributed by atoms with Crippen molar-refractivity contribution in [2.45, 2.75) is 32.8 Å². The van der Waals surface area contributed by atoms with Crippen LogP contribution in [-0.4, -0.2) is 35.2 Å². The van der Waals surface area contributed by atoms with Gasteiger partial charge in [0, 0.05) is 6.54 Å². The van der Waals surface area contributed by atoms with Gasteiger partial charge in [0.15, 0.2) is 0 Å². The summed E-state index contributed by atoms with van der Waals surface area (Å²) in [4.78, 5) is 11.1. The molecule has 0 heterocycles. The summed E-state index contributed by atoms with van der Waals surface area (Å²) in [6.45, 7) is 6.20. The van der Waals surface area contributed by atoms with Crippen LogP contribution in [-0.2, 0) is 4.79 Å². The molecular weight excluding hydrogens is 198 g/mol. The molecule has 0 aromatic heterocycles. The predicted molar refractivity (Wildman–Crippen MR) is 61.5 cm³/mol. The molecule has 0 fully saturated rings. The molecule has 2 N–H and O–H groups in total. The molecule has 0 aliphatic heterocycles. The number of thioether (sulfide) groups is 1. The van der Waals surface area contributed by atoms with E-state index in [1.165, 1.54) is 11.8 Å². The lowest BCUT2D eigenvalue weighted by atomic mass is 9.94. The molecule has 0 radical (unpaired) electrons. The van der Waals surface area contributed by atoms with Crippen LogP contribution in [0.1, 0.15) is 27.2 Å². The first-order valence-corrected chi connectivity index (χ1v) is 6.25. The van der Waals surface area contributed by atoms with Gasteiger partial charge >= 0.3 is 0 Å². The summed E-state index contributed by atoms with van der Waals surface area (Å²) in [6.07, 6.45) is 2.58. The second-order valence-corrected chi connectivity index (χ2v) is 5.17. The fraction of sp³-hybridized carbons (Fsp3) is 0.900. The van der Waals surface area contributed by atoms with Crippen molar-refractivity contribution >= 4 is 17.7 Å². The van der Waals surface area contributed by atoms with Crippen molar-refractivity contribution in [3.63, 3.8) is 0 Å². The van der Waals surface area contributed by atoms with Crippen LogP contribution in [0.15, 0.2) is 0 Å².